The molecule has 0 bridgehead atoms. The third-order valence-electron chi connectivity index (χ3n) is 3.59. The van der Waals surface area contributed by atoms with Gasteiger partial charge in [-0.1, -0.05) is 23.2 Å². The minimum Gasteiger partial charge on any atom is -0.456 e. The van der Waals surface area contributed by atoms with Gasteiger partial charge in [-0.25, -0.2) is 4.98 Å². The van der Waals surface area contributed by atoms with Crippen LogP contribution in [0.4, 0.5) is 0 Å². The molecule has 0 radical (unpaired) electrons. The lowest BCUT2D eigenvalue weighted by Gasteiger charge is -2.07. The summed E-state index contributed by atoms with van der Waals surface area (Å²) < 4.78 is 5.03. The molecule has 2 N–H and O–H groups in total. The van der Waals surface area contributed by atoms with Gasteiger partial charge < -0.3 is 15.0 Å². The highest BCUT2D eigenvalue weighted by Gasteiger charge is 2.11. The van der Waals surface area contributed by atoms with Crippen LogP contribution in [0.15, 0.2) is 47.3 Å². The number of nitrogens with one attached hydrogen (secondary N) is 2. The van der Waals surface area contributed by atoms with E-state index in [1.165, 1.54) is 12.1 Å². The van der Waals surface area contributed by atoms with E-state index in [1.54, 1.807) is 30.3 Å². The number of aromatic nitrogens is 2. The summed E-state index contributed by atoms with van der Waals surface area (Å²) in [5.41, 5.74) is 0.400. The van der Waals surface area contributed by atoms with E-state index in [0.29, 0.717) is 26.5 Å². The highest BCUT2D eigenvalue weighted by Crippen LogP contribution is 2.14. The van der Waals surface area contributed by atoms with Gasteiger partial charge in [-0.2, -0.15) is 0 Å². The fourth-order valence-corrected chi connectivity index (χ4v) is 2.58. The van der Waals surface area contributed by atoms with Crippen LogP contribution in [0.5, 0.6) is 0 Å². The Morgan fingerprint density at radius 1 is 1.07 bits per heavy atom. The van der Waals surface area contributed by atoms with E-state index in [0.717, 1.165) is 0 Å². The molecule has 3 aromatic rings. The molecule has 0 saturated carbocycles. The summed E-state index contributed by atoms with van der Waals surface area (Å²) in [6.45, 7) is -0.571. The number of benzene rings is 2. The molecule has 1 aromatic heterocycles. The number of esters is 1. The van der Waals surface area contributed by atoms with Gasteiger partial charge in [0.05, 0.1) is 10.9 Å². The number of H-pyrrole nitrogens is 1. The quantitative estimate of drug-likeness (QED) is 0.635. The summed E-state index contributed by atoms with van der Waals surface area (Å²) in [7, 11) is 0. The van der Waals surface area contributed by atoms with Crippen LogP contribution in [0.3, 0.4) is 0 Å². The van der Waals surface area contributed by atoms with Crippen LogP contribution in [-0.2, 0) is 16.1 Å². The Balaban J connectivity index is 1.57. The van der Waals surface area contributed by atoms with Gasteiger partial charge in [-0.15, -0.1) is 0 Å². The molecular weight excluding hydrogens is 393 g/mol. The molecule has 0 aliphatic carbocycles. The van der Waals surface area contributed by atoms with Crippen LogP contribution < -0.4 is 10.9 Å². The van der Waals surface area contributed by atoms with Crippen molar-refractivity contribution in [3.8, 4) is 0 Å². The second-order valence-corrected chi connectivity index (χ2v) is 6.40. The molecule has 138 valence electrons. The highest BCUT2D eigenvalue weighted by atomic mass is 35.5. The predicted octanol–water partition coefficient (Wildman–Crippen LogP) is 2.70. The number of amides is 1. The SMILES string of the molecule is O=C(CNC(=O)c1ccc(Cl)cc1)OCc1nc2cc(Cl)ccc2c(=O)[nH]1. The van der Waals surface area contributed by atoms with E-state index in [-0.39, 0.29) is 24.5 Å². The van der Waals surface area contributed by atoms with E-state index in [9.17, 15) is 14.4 Å². The van der Waals surface area contributed by atoms with Crippen LogP contribution >= 0.6 is 23.2 Å². The second kappa shape index (κ2) is 8.20. The predicted molar refractivity (Wildman–Crippen MR) is 101 cm³/mol. The van der Waals surface area contributed by atoms with Crippen molar-refractivity contribution in [2.45, 2.75) is 6.61 Å². The Labute approximate surface area is 163 Å². The second-order valence-electron chi connectivity index (χ2n) is 5.52. The Morgan fingerprint density at radius 2 is 1.78 bits per heavy atom. The van der Waals surface area contributed by atoms with Gasteiger partial charge >= 0.3 is 5.97 Å². The van der Waals surface area contributed by atoms with E-state index in [2.05, 4.69) is 15.3 Å². The van der Waals surface area contributed by atoms with Gasteiger partial charge in [0.15, 0.2) is 0 Å². The third kappa shape index (κ3) is 4.84. The lowest BCUT2D eigenvalue weighted by Crippen LogP contribution is -2.30. The van der Waals surface area contributed by atoms with Gasteiger partial charge in [-0.3, -0.25) is 14.4 Å². The molecule has 1 heterocycles. The highest BCUT2D eigenvalue weighted by molar-refractivity contribution is 6.31. The molecule has 0 fully saturated rings. The van der Waals surface area contributed by atoms with Crippen molar-refractivity contribution in [1.82, 2.24) is 15.3 Å². The van der Waals surface area contributed by atoms with Crippen molar-refractivity contribution in [2.75, 3.05) is 6.54 Å². The molecule has 27 heavy (non-hydrogen) atoms. The topological polar surface area (TPSA) is 101 Å². The molecule has 1 amide bonds. The molecular formula is C18H13Cl2N3O4. The third-order valence-corrected chi connectivity index (χ3v) is 4.07. The Kier molecular flexibility index (Phi) is 5.73. The first-order chi connectivity index (χ1) is 12.9. The van der Waals surface area contributed by atoms with Gasteiger partial charge in [-0.05, 0) is 42.5 Å². The maximum Gasteiger partial charge on any atom is 0.325 e. The number of carbonyl (C=O) groups is 2. The maximum absolute atomic E-state index is 12.0. The van der Waals surface area contributed by atoms with Crippen LogP contribution in [0.1, 0.15) is 16.2 Å². The number of halogens is 2. The molecule has 0 atom stereocenters. The largest absolute Gasteiger partial charge is 0.456 e. The number of aromatic amines is 1. The van der Waals surface area contributed by atoms with Crippen molar-refractivity contribution in [3.05, 3.63) is 74.3 Å². The van der Waals surface area contributed by atoms with E-state index in [1.807, 2.05) is 0 Å². The lowest BCUT2D eigenvalue weighted by atomic mass is 10.2. The molecule has 9 heteroatoms. The Bertz CT molecular complexity index is 1060. The molecule has 0 spiro atoms. The summed E-state index contributed by atoms with van der Waals surface area (Å²) in [5.74, 6) is -0.936. The summed E-state index contributed by atoms with van der Waals surface area (Å²) >= 11 is 11.7. The van der Waals surface area contributed by atoms with Crippen molar-refractivity contribution >= 4 is 46.0 Å². The molecule has 0 saturated heterocycles. The zero-order valence-electron chi connectivity index (χ0n) is 13.8. The number of ether oxygens (including phenoxy) is 1. The minimum atomic E-state index is -0.675. The zero-order chi connectivity index (χ0) is 19.4. The molecule has 0 unspecified atom stereocenters. The van der Waals surface area contributed by atoms with Gasteiger partial charge in [0.2, 0.25) is 0 Å². The van der Waals surface area contributed by atoms with Gasteiger partial charge in [0, 0.05) is 15.6 Å². The standard InChI is InChI=1S/C18H13Cl2N3O4/c19-11-3-1-10(2-4-11)17(25)21-8-16(24)27-9-15-22-14-7-12(20)5-6-13(14)18(26)23-15/h1-7H,8-9H2,(H,21,25)(H,22,23,26). The maximum atomic E-state index is 12.0. The fraction of sp³-hybridized carbons (Fsp3) is 0.111. The number of hydrogen-bond donors (Lipinski definition) is 2. The first-order valence-corrected chi connectivity index (χ1v) is 8.56. The van der Waals surface area contributed by atoms with Crippen LogP contribution in [-0.4, -0.2) is 28.4 Å². The van der Waals surface area contributed by atoms with E-state index < -0.39 is 11.9 Å². The zero-order valence-corrected chi connectivity index (χ0v) is 15.3. The smallest absolute Gasteiger partial charge is 0.325 e. The van der Waals surface area contributed by atoms with Crippen molar-refractivity contribution in [2.24, 2.45) is 0 Å². The molecule has 0 aliphatic heterocycles. The van der Waals surface area contributed by atoms with Crippen molar-refractivity contribution < 1.29 is 14.3 Å². The molecule has 3 rings (SSSR count). The number of hydrogen-bond acceptors (Lipinski definition) is 5. The molecule has 7 nitrogen and oxygen atoms in total. The molecule has 2 aromatic carbocycles. The van der Waals surface area contributed by atoms with Crippen LogP contribution in [0.25, 0.3) is 10.9 Å². The number of rotatable bonds is 5. The van der Waals surface area contributed by atoms with Crippen LogP contribution in [0.2, 0.25) is 10.0 Å². The van der Waals surface area contributed by atoms with E-state index >= 15 is 0 Å². The summed E-state index contributed by atoms with van der Waals surface area (Å²) in [5, 5.41) is 3.76. The van der Waals surface area contributed by atoms with E-state index in [4.69, 9.17) is 27.9 Å². The number of carbonyl (C=O) groups excluding carboxylic acids is 2. The normalized spacial score (nSPS) is 10.6. The fourth-order valence-electron chi connectivity index (χ4n) is 2.29. The van der Waals surface area contributed by atoms with Crippen molar-refractivity contribution in [1.29, 1.82) is 0 Å². The summed E-state index contributed by atoms with van der Waals surface area (Å²) in [4.78, 5) is 42.5. The number of nitrogens with zero attached hydrogens (tertiary/aromatic N) is 1. The van der Waals surface area contributed by atoms with Gasteiger partial charge in [0.1, 0.15) is 19.0 Å². The number of fused-ring (bicyclic) bond motifs is 1. The first kappa shape index (κ1) is 18.9. The first-order valence-electron chi connectivity index (χ1n) is 7.80. The minimum absolute atomic E-state index is 0.173. The Morgan fingerprint density at radius 3 is 2.52 bits per heavy atom. The average Bonchev–Trinajstić information content (AvgIpc) is 2.64. The van der Waals surface area contributed by atoms with Crippen molar-refractivity contribution in [3.63, 3.8) is 0 Å². The monoisotopic (exact) mass is 405 g/mol. The summed E-state index contributed by atoms with van der Waals surface area (Å²) in [6.07, 6.45) is 0. The average molecular weight is 406 g/mol. The molecule has 0 aliphatic rings. The summed E-state index contributed by atoms with van der Waals surface area (Å²) in [6, 6.07) is 10.9. The lowest BCUT2D eigenvalue weighted by molar-refractivity contribution is -0.143. The Hall–Kier alpha value is -2.90. The van der Waals surface area contributed by atoms with Gasteiger partial charge in [0.25, 0.3) is 11.5 Å². The van der Waals surface area contributed by atoms with Crippen LogP contribution in [0, 0.1) is 0 Å².